The molecule has 0 heterocycles. The van der Waals surface area contributed by atoms with Crippen molar-refractivity contribution in [2.24, 2.45) is 0 Å². The normalized spacial score (nSPS) is 10.4. The monoisotopic (exact) mass is 249 g/mol. The Morgan fingerprint density at radius 1 is 1.18 bits per heavy atom. The second-order valence-electron chi connectivity index (χ2n) is 3.64. The van der Waals surface area contributed by atoms with Crippen LogP contribution in [0.3, 0.4) is 0 Å². The van der Waals surface area contributed by atoms with E-state index in [1.807, 2.05) is 6.07 Å². The molecule has 17 heavy (non-hydrogen) atoms. The summed E-state index contributed by atoms with van der Waals surface area (Å²) < 4.78 is 12.8. The molecule has 0 bridgehead atoms. The van der Waals surface area contributed by atoms with Gasteiger partial charge in [-0.3, -0.25) is 0 Å². The first-order chi connectivity index (χ1) is 8.15. The molecule has 0 saturated carbocycles. The summed E-state index contributed by atoms with van der Waals surface area (Å²) >= 11 is 1.51. The first-order valence-electron chi connectivity index (χ1n) is 5.11. The average Bonchev–Trinajstić information content (AvgIpc) is 2.28. The molecular weight excluding hydrogens is 237 g/mol. The molecule has 0 aliphatic rings. The lowest BCUT2D eigenvalue weighted by Crippen LogP contribution is -1.90. The third-order valence-corrected chi connectivity index (χ3v) is 3.44. The van der Waals surface area contributed by atoms with Gasteiger partial charge < -0.3 is 10.8 Å². The van der Waals surface area contributed by atoms with Crippen molar-refractivity contribution in [1.29, 1.82) is 0 Å². The van der Waals surface area contributed by atoms with E-state index in [0.717, 1.165) is 10.5 Å². The van der Waals surface area contributed by atoms with Crippen LogP contribution in [0.25, 0.3) is 0 Å². The third kappa shape index (κ3) is 3.14. The molecule has 0 spiro atoms. The van der Waals surface area contributed by atoms with Gasteiger partial charge >= 0.3 is 0 Å². The van der Waals surface area contributed by atoms with Crippen LogP contribution < -0.4 is 5.73 Å². The van der Waals surface area contributed by atoms with Gasteiger partial charge in [0.25, 0.3) is 0 Å². The highest BCUT2D eigenvalue weighted by atomic mass is 32.2. The SMILES string of the molecule is Nc1cc(F)ccc1SCc1cccc(O)c1. The van der Waals surface area contributed by atoms with Gasteiger partial charge in [-0.25, -0.2) is 4.39 Å². The first-order valence-corrected chi connectivity index (χ1v) is 6.09. The molecule has 4 heteroatoms. The highest BCUT2D eigenvalue weighted by Crippen LogP contribution is 2.29. The predicted octanol–water partition coefficient (Wildman–Crippen LogP) is 3.41. The van der Waals surface area contributed by atoms with E-state index in [-0.39, 0.29) is 11.6 Å². The molecule has 0 fully saturated rings. The Labute approximate surface area is 103 Å². The smallest absolute Gasteiger partial charge is 0.125 e. The van der Waals surface area contributed by atoms with E-state index < -0.39 is 0 Å². The van der Waals surface area contributed by atoms with Crippen LogP contribution in [-0.4, -0.2) is 5.11 Å². The van der Waals surface area contributed by atoms with Crippen LogP contribution in [0.2, 0.25) is 0 Å². The van der Waals surface area contributed by atoms with E-state index in [9.17, 15) is 9.50 Å². The number of rotatable bonds is 3. The zero-order valence-electron chi connectivity index (χ0n) is 9.06. The Bertz CT molecular complexity index is 531. The molecule has 0 aromatic heterocycles. The van der Waals surface area contributed by atoms with Gasteiger partial charge in [0, 0.05) is 16.3 Å². The standard InChI is InChI=1S/C13H12FNOS/c14-10-4-5-13(12(15)7-10)17-8-9-2-1-3-11(16)6-9/h1-7,16H,8,15H2. The maximum Gasteiger partial charge on any atom is 0.125 e. The number of anilines is 1. The summed E-state index contributed by atoms with van der Waals surface area (Å²) in [5.41, 5.74) is 7.14. The maximum absolute atomic E-state index is 12.8. The zero-order chi connectivity index (χ0) is 12.3. The Hall–Kier alpha value is -1.68. The molecule has 88 valence electrons. The fourth-order valence-corrected chi connectivity index (χ4v) is 2.35. The fraction of sp³-hybridized carbons (Fsp3) is 0.0769. The molecule has 0 amide bonds. The largest absolute Gasteiger partial charge is 0.508 e. The molecule has 2 rings (SSSR count). The quantitative estimate of drug-likeness (QED) is 0.647. The van der Waals surface area contributed by atoms with E-state index in [4.69, 9.17) is 5.73 Å². The van der Waals surface area contributed by atoms with Crippen molar-refractivity contribution in [2.75, 3.05) is 5.73 Å². The number of hydrogen-bond donors (Lipinski definition) is 2. The van der Waals surface area contributed by atoms with Gasteiger partial charge in [0.15, 0.2) is 0 Å². The number of halogens is 1. The molecule has 0 unspecified atom stereocenters. The molecule has 2 nitrogen and oxygen atoms in total. The van der Waals surface area contributed by atoms with Crippen molar-refractivity contribution in [2.45, 2.75) is 10.6 Å². The summed E-state index contributed by atoms with van der Waals surface area (Å²) in [6.45, 7) is 0. The predicted molar refractivity (Wildman–Crippen MR) is 68.5 cm³/mol. The molecule has 0 atom stereocenters. The summed E-state index contributed by atoms with van der Waals surface area (Å²) in [5, 5.41) is 9.32. The number of hydrogen-bond acceptors (Lipinski definition) is 3. The number of nitrogens with two attached hydrogens (primary N) is 1. The van der Waals surface area contributed by atoms with E-state index >= 15 is 0 Å². The van der Waals surface area contributed by atoms with Gasteiger partial charge in [0.1, 0.15) is 11.6 Å². The van der Waals surface area contributed by atoms with Crippen LogP contribution in [0.1, 0.15) is 5.56 Å². The van der Waals surface area contributed by atoms with Crippen molar-refractivity contribution in [3.63, 3.8) is 0 Å². The summed E-state index contributed by atoms with van der Waals surface area (Å²) in [6.07, 6.45) is 0. The highest BCUT2D eigenvalue weighted by molar-refractivity contribution is 7.98. The van der Waals surface area contributed by atoms with Crippen LogP contribution in [0, 0.1) is 5.82 Å². The van der Waals surface area contributed by atoms with Crippen LogP contribution in [0.15, 0.2) is 47.4 Å². The van der Waals surface area contributed by atoms with Crippen LogP contribution in [0.4, 0.5) is 10.1 Å². The van der Waals surface area contributed by atoms with Gasteiger partial charge in [0.05, 0.1) is 0 Å². The highest BCUT2D eigenvalue weighted by Gasteiger charge is 2.02. The molecule has 2 aromatic carbocycles. The summed E-state index contributed by atoms with van der Waals surface area (Å²) in [5.74, 6) is 0.601. The molecule has 0 saturated heterocycles. The molecule has 0 aliphatic heterocycles. The average molecular weight is 249 g/mol. The number of benzene rings is 2. The molecule has 0 radical (unpaired) electrons. The lowest BCUT2D eigenvalue weighted by molar-refractivity contribution is 0.475. The lowest BCUT2D eigenvalue weighted by Gasteiger charge is -2.05. The van der Waals surface area contributed by atoms with E-state index in [0.29, 0.717) is 11.4 Å². The summed E-state index contributed by atoms with van der Waals surface area (Å²) in [4.78, 5) is 0.842. The number of thioether (sulfide) groups is 1. The van der Waals surface area contributed by atoms with Crippen molar-refractivity contribution in [3.05, 3.63) is 53.8 Å². The van der Waals surface area contributed by atoms with E-state index in [1.165, 1.54) is 23.9 Å². The molecule has 3 N–H and O–H groups in total. The minimum atomic E-state index is -0.329. The Morgan fingerprint density at radius 3 is 2.71 bits per heavy atom. The Kier molecular flexibility index (Phi) is 3.54. The van der Waals surface area contributed by atoms with Crippen molar-refractivity contribution >= 4 is 17.4 Å². The van der Waals surface area contributed by atoms with Gasteiger partial charge in [0.2, 0.25) is 0 Å². The second kappa shape index (κ2) is 5.10. The van der Waals surface area contributed by atoms with Crippen LogP contribution >= 0.6 is 11.8 Å². The van der Waals surface area contributed by atoms with Gasteiger partial charge in [-0.05, 0) is 35.9 Å². The topological polar surface area (TPSA) is 46.2 Å². The van der Waals surface area contributed by atoms with Gasteiger partial charge in [-0.2, -0.15) is 0 Å². The van der Waals surface area contributed by atoms with E-state index in [1.54, 1.807) is 24.3 Å². The Morgan fingerprint density at radius 2 is 2.00 bits per heavy atom. The zero-order valence-corrected chi connectivity index (χ0v) is 9.88. The lowest BCUT2D eigenvalue weighted by atomic mass is 10.2. The van der Waals surface area contributed by atoms with Crippen molar-refractivity contribution < 1.29 is 9.50 Å². The number of aromatic hydroxyl groups is 1. The summed E-state index contributed by atoms with van der Waals surface area (Å²) in [7, 11) is 0. The third-order valence-electron chi connectivity index (χ3n) is 2.28. The molecule has 0 aliphatic carbocycles. The minimum Gasteiger partial charge on any atom is -0.508 e. The number of phenolic OH excluding ortho intramolecular Hbond substituents is 1. The summed E-state index contributed by atoms with van der Waals surface area (Å²) in [6, 6.07) is 11.4. The minimum absolute atomic E-state index is 0.246. The van der Waals surface area contributed by atoms with Gasteiger partial charge in [-0.15, -0.1) is 11.8 Å². The molecular formula is C13H12FNOS. The van der Waals surface area contributed by atoms with Crippen LogP contribution in [-0.2, 0) is 5.75 Å². The van der Waals surface area contributed by atoms with E-state index in [2.05, 4.69) is 0 Å². The maximum atomic E-state index is 12.8. The number of phenols is 1. The molecule has 2 aromatic rings. The second-order valence-corrected chi connectivity index (χ2v) is 4.66. The van der Waals surface area contributed by atoms with Crippen LogP contribution in [0.5, 0.6) is 5.75 Å². The fourth-order valence-electron chi connectivity index (χ4n) is 1.46. The number of nitrogen functional groups attached to an aromatic ring is 1. The first kappa shape index (κ1) is 11.8. The Balaban J connectivity index is 2.07. The van der Waals surface area contributed by atoms with Gasteiger partial charge in [-0.1, -0.05) is 12.1 Å². The van der Waals surface area contributed by atoms with Crippen molar-refractivity contribution in [3.8, 4) is 5.75 Å². The van der Waals surface area contributed by atoms with Crippen molar-refractivity contribution in [1.82, 2.24) is 0 Å².